The normalized spacial score (nSPS) is 12.6. The lowest BCUT2D eigenvalue weighted by Gasteiger charge is -1.92. The van der Waals surface area contributed by atoms with Crippen molar-refractivity contribution in [2.45, 2.75) is 39.5 Å². The quantitative estimate of drug-likeness (QED) is 0.546. The summed E-state index contributed by atoms with van der Waals surface area (Å²) in [5.41, 5.74) is 0. The van der Waals surface area contributed by atoms with Crippen LogP contribution in [0.4, 0.5) is 0 Å². The fourth-order valence-electron chi connectivity index (χ4n) is 0.856. The fraction of sp³-hybridized carbons (Fsp3) is 0.500. The summed E-state index contributed by atoms with van der Waals surface area (Å²) in [4.78, 5) is 0. The van der Waals surface area contributed by atoms with Gasteiger partial charge in [-0.15, -0.1) is 0 Å². The lowest BCUT2D eigenvalue weighted by Crippen LogP contribution is -1.71. The van der Waals surface area contributed by atoms with Gasteiger partial charge in [-0.1, -0.05) is 24.3 Å². The van der Waals surface area contributed by atoms with Crippen molar-refractivity contribution in [3.05, 3.63) is 24.3 Å². The van der Waals surface area contributed by atoms with E-state index in [1.54, 1.807) is 12.1 Å². The maximum Gasteiger partial charge on any atom is 0.0587 e. The van der Waals surface area contributed by atoms with Crippen LogP contribution in [0.1, 0.15) is 39.5 Å². The largest absolute Gasteiger partial charge is 0.199 e. The van der Waals surface area contributed by atoms with Gasteiger partial charge in [0.25, 0.3) is 0 Å². The highest BCUT2D eigenvalue weighted by atomic mass is 14.2. The minimum absolute atomic E-state index is 1.23. The lowest BCUT2D eigenvalue weighted by atomic mass is 10.1. The molecule has 2 heteroatoms. The molecular formula is C12H18N2. The summed E-state index contributed by atoms with van der Waals surface area (Å²) in [6.45, 7) is 2.86. The molecule has 0 bridgehead atoms. The van der Waals surface area contributed by atoms with E-state index in [1.165, 1.54) is 39.5 Å². The van der Waals surface area contributed by atoms with E-state index in [4.69, 9.17) is 10.5 Å². The van der Waals surface area contributed by atoms with Crippen molar-refractivity contribution in [2.75, 3.05) is 0 Å². The van der Waals surface area contributed by atoms with E-state index in [0.29, 0.717) is 0 Å². The summed E-state index contributed by atoms with van der Waals surface area (Å²) in [6.07, 6.45) is 14.0. The molecule has 0 aromatic carbocycles. The van der Waals surface area contributed by atoms with Crippen molar-refractivity contribution in [3.8, 4) is 12.1 Å². The second-order valence-electron chi connectivity index (χ2n) is 2.54. The van der Waals surface area contributed by atoms with E-state index in [-0.39, 0.29) is 0 Å². The Labute approximate surface area is 87.2 Å². The number of nitriles is 2. The molecule has 0 aromatic heterocycles. The molecule has 0 N–H and O–H groups in total. The van der Waals surface area contributed by atoms with Crippen LogP contribution in [0.3, 0.4) is 0 Å². The summed E-state index contributed by atoms with van der Waals surface area (Å²) < 4.78 is 0. The van der Waals surface area contributed by atoms with Gasteiger partial charge < -0.3 is 0 Å². The third-order valence-electron chi connectivity index (χ3n) is 1.33. The number of hydrogen-bond donors (Lipinski definition) is 0. The molecule has 0 spiro atoms. The van der Waals surface area contributed by atoms with Gasteiger partial charge in [0, 0.05) is 13.8 Å². The minimum atomic E-state index is 1.23. The van der Waals surface area contributed by atoms with Gasteiger partial charge in [0.05, 0.1) is 12.1 Å². The number of allylic oxidation sites excluding steroid dienone is 4. The molecular weight excluding hydrogens is 172 g/mol. The Hall–Kier alpha value is -1.54. The molecule has 0 saturated heterocycles. The van der Waals surface area contributed by atoms with Gasteiger partial charge in [-0.05, 0) is 25.7 Å². The molecule has 0 aromatic rings. The molecule has 76 valence electrons. The van der Waals surface area contributed by atoms with Crippen molar-refractivity contribution >= 4 is 0 Å². The van der Waals surface area contributed by atoms with Crippen LogP contribution >= 0.6 is 0 Å². The summed E-state index contributed by atoms with van der Waals surface area (Å²) in [6, 6.07) is 3.50. The third kappa shape index (κ3) is 22.4. The molecule has 0 amide bonds. The Balaban J connectivity index is 0. The van der Waals surface area contributed by atoms with E-state index < -0.39 is 0 Å². The predicted molar refractivity (Wildman–Crippen MR) is 59.3 cm³/mol. The van der Waals surface area contributed by atoms with Gasteiger partial charge in [0.15, 0.2) is 0 Å². The van der Waals surface area contributed by atoms with Crippen molar-refractivity contribution in [3.63, 3.8) is 0 Å². The maximum atomic E-state index is 7.32. The molecule has 0 radical (unpaired) electrons. The Morgan fingerprint density at radius 3 is 1.00 bits per heavy atom. The van der Waals surface area contributed by atoms with Crippen LogP contribution in [-0.4, -0.2) is 0 Å². The molecule has 0 atom stereocenters. The van der Waals surface area contributed by atoms with Crippen LogP contribution in [0.2, 0.25) is 0 Å². The monoisotopic (exact) mass is 190 g/mol. The summed E-state index contributed by atoms with van der Waals surface area (Å²) in [7, 11) is 0. The first-order valence-corrected chi connectivity index (χ1v) is 4.75. The molecule has 0 aliphatic heterocycles. The standard InChI is InChI=1S/C8H12.2C2H3N/c1-2-4-6-8-7-5-3-1;2*1-2-3/h1-2,7-8H,3-6H2;2*1H3. The van der Waals surface area contributed by atoms with E-state index in [2.05, 4.69) is 24.3 Å². The van der Waals surface area contributed by atoms with Crippen molar-refractivity contribution in [1.82, 2.24) is 0 Å². The first kappa shape index (κ1) is 15.0. The molecule has 2 nitrogen and oxygen atoms in total. The lowest BCUT2D eigenvalue weighted by molar-refractivity contribution is 0.962. The van der Waals surface area contributed by atoms with Crippen LogP contribution in [0.25, 0.3) is 0 Å². The highest BCUT2D eigenvalue weighted by Gasteiger charge is 1.81. The molecule has 1 aliphatic rings. The van der Waals surface area contributed by atoms with E-state index in [0.717, 1.165) is 0 Å². The van der Waals surface area contributed by atoms with Gasteiger partial charge in [0.1, 0.15) is 0 Å². The topological polar surface area (TPSA) is 47.6 Å². The zero-order valence-electron chi connectivity index (χ0n) is 9.03. The van der Waals surface area contributed by atoms with E-state index >= 15 is 0 Å². The van der Waals surface area contributed by atoms with E-state index in [1.807, 2.05) is 0 Å². The second kappa shape index (κ2) is 17.5. The Morgan fingerprint density at radius 2 is 0.857 bits per heavy atom. The highest BCUT2D eigenvalue weighted by Crippen LogP contribution is 2.02. The highest BCUT2D eigenvalue weighted by molar-refractivity contribution is 4.93. The van der Waals surface area contributed by atoms with Gasteiger partial charge in [-0.2, -0.15) is 10.5 Å². The first-order chi connectivity index (χ1) is 6.83. The average molecular weight is 190 g/mol. The molecule has 0 heterocycles. The van der Waals surface area contributed by atoms with Crippen LogP contribution in [0, 0.1) is 22.7 Å². The van der Waals surface area contributed by atoms with Gasteiger partial charge in [-0.3, -0.25) is 0 Å². The number of nitrogens with zero attached hydrogens (tertiary/aromatic N) is 2. The molecule has 1 rings (SSSR count). The Kier molecular flexibility index (Phi) is 18.7. The fourth-order valence-corrected chi connectivity index (χ4v) is 0.856. The van der Waals surface area contributed by atoms with Crippen LogP contribution in [0.15, 0.2) is 24.3 Å². The smallest absolute Gasteiger partial charge is 0.0587 e. The zero-order valence-corrected chi connectivity index (χ0v) is 9.03. The average Bonchev–Trinajstić information content (AvgIpc) is 2.04. The zero-order chi connectivity index (χ0) is 11.1. The van der Waals surface area contributed by atoms with Crippen LogP contribution in [0.5, 0.6) is 0 Å². The van der Waals surface area contributed by atoms with E-state index in [9.17, 15) is 0 Å². The Morgan fingerprint density at radius 1 is 0.714 bits per heavy atom. The van der Waals surface area contributed by atoms with Crippen molar-refractivity contribution in [1.29, 1.82) is 10.5 Å². The maximum absolute atomic E-state index is 7.32. The predicted octanol–water partition coefficient (Wildman–Crippen LogP) is 3.73. The molecule has 0 fully saturated rings. The van der Waals surface area contributed by atoms with Crippen molar-refractivity contribution in [2.24, 2.45) is 0 Å². The molecule has 0 saturated carbocycles. The molecule has 0 unspecified atom stereocenters. The summed E-state index contributed by atoms with van der Waals surface area (Å²) in [5.74, 6) is 0. The van der Waals surface area contributed by atoms with Gasteiger partial charge in [-0.25, -0.2) is 0 Å². The van der Waals surface area contributed by atoms with Gasteiger partial charge >= 0.3 is 0 Å². The third-order valence-corrected chi connectivity index (χ3v) is 1.33. The van der Waals surface area contributed by atoms with Crippen molar-refractivity contribution < 1.29 is 0 Å². The number of rotatable bonds is 0. The first-order valence-electron chi connectivity index (χ1n) is 4.75. The second-order valence-corrected chi connectivity index (χ2v) is 2.54. The Bertz CT molecular complexity index is 188. The van der Waals surface area contributed by atoms with Gasteiger partial charge in [0.2, 0.25) is 0 Å². The van der Waals surface area contributed by atoms with Crippen LogP contribution < -0.4 is 0 Å². The SMILES string of the molecule is C1=CCCC=CCC1.CC#N.CC#N. The molecule has 1 aliphatic carbocycles. The van der Waals surface area contributed by atoms with Crippen LogP contribution in [-0.2, 0) is 0 Å². The molecule has 14 heavy (non-hydrogen) atoms. The minimum Gasteiger partial charge on any atom is -0.199 e. The summed E-state index contributed by atoms with van der Waals surface area (Å²) in [5, 5.41) is 14.6. The number of hydrogen-bond acceptors (Lipinski definition) is 2. The summed E-state index contributed by atoms with van der Waals surface area (Å²) >= 11 is 0.